The van der Waals surface area contributed by atoms with Crippen LogP contribution in [0.4, 0.5) is 0 Å². The van der Waals surface area contributed by atoms with Crippen LogP contribution in [-0.4, -0.2) is 21.6 Å². The van der Waals surface area contributed by atoms with Gasteiger partial charge in [-0.15, -0.1) is 0 Å². The van der Waals surface area contributed by atoms with E-state index in [1.165, 1.54) is 41.5 Å². The number of rotatable bonds is 5. The van der Waals surface area contributed by atoms with E-state index < -0.39 is 7.92 Å². The Labute approximate surface area is 207 Å². The van der Waals surface area contributed by atoms with Crippen molar-refractivity contribution >= 4 is 26.5 Å². The first kappa shape index (κ1) is 26.9. The highest BCUT2D eigenvalue weighted by atomic mass is 31.1. The Morgan fingerprint density at radius 2 is 1.06 bits per heavy atom. The van der Waals surface area contributed by atoms with Crippen molar-refractivity contribution in [1.29, 1.82) is 0 Å². The molecule has 0 amide bonds. The van der Waals surface area contributed by atoms with E-state index in [2.05, 4.69) is 113 Å². The van der Waals surface area contributed by atoms with Gasteiger partial charge in [-0.05, 0) is 86.6 Å². The molecule has 0 bridgehead atoms. The van der Waals surface area contributed by atoms with Gasteiger partial charge in [-0.1, -0.05) is 121 Å². The summed E-state index contributed by atoms with van der Waals surface area (Å²) in [6, 6.07) is 14.6. The molecular formula is C31H48P2. The molecule has 1 aliphatic carbocycles. The second-order valence-electron chi connectivity index (χ2n) is 12.7. The van der Waals surface area contributed by atoms with Gasteiger partial charge in [0.05, 0.1) is 0 Å². The van der Waals surface area contributed by atoms with Crippen molar-refractivity contribution in [3.63, 3.8) is 0 Å². The van der Waals surface area contributed by atoms with Crippen molar-refractivity contribution < 1.29 is 0 Å². The van der Waals surface area contributed by atoms with Gasteiger partial charge >= 0.3 is 0 Å². The minimum atomic E-state index is -0.401. The lowest BCUT2D eigenvalue weighted by molar-refractivity contribution is 0.531. The van der Waals surface area contributed by atoms with Crippen LogP contribution >= 0.6 is 15.8 Å². The van der Waals surface area contributed by atoms with Crippen LogP contribution in [-0.2, 0) is 0 Å². The summed E-state index contributed by atoms with van der Waals surface area (Å²) in [5.74, 6) is 0.822. The Balaban J connectivity index is 2.11. The molecule has 1 saturated carbocycles. The van der Waals surface area contributed by atoms with Crippen molar-refractivity contribution in [1.82, 2.24) is 0 Å². The minimum absolute atomic E-state index is 0.0927. The van der Waals surface area contributed by atoms with Crippen molar-refractivity contribution in [2.45, 2.75) is 117 Å². The first-order valence-electron chi connectivity index (χ1n) is 12.9. The van der Waals surface area contributed by atoms with E-state index in [4.69, 9.17) is 0 Å². The summed E-state index contributed by atoms with van der Waals surface area (Å²) < 4.78 is 0. The Morgan fingerprint density at radius 3 is 1.42 bits per heavy atom. The Hall–Kier alpha value is -0.700. The highest BCUT2D eigenvalue weighted by Gasteiger charge is 2.47. The molecule has 0 nitrogen and oxygen atoms in total. The zero-order valence-corrected chi connectivity index (χ0v) is 25.0. The molecule has 3 atom stereocenters. The lowest BCUT2D eigenvalue weighted by atomic mass is 10.0. The van der Waals surface area contributed by atoms with Crippen molar-refractivity contribution in [2.24, 2.45) is 5.92 Å². The first-order chi connectivity index (χ1) is 15.2. The molecule has 1 aliphatic rings. The van der Waals surface area contributed by atoms with E-state index in [1.807, 2.05) is 0 Å². The van der Waals surface area contributed by atoms with E-state index in [9.17, 15) is 0 Å². The Kier molecular flexibility index (Phi) is 8.24. The average Bonchev–Trinajstić information content (AvgIpc) is 3.06. The number of hydrogen-bond donors (Lipinski definition) is 0. The van der Waals surface area contributed by atoms with Crippen LogP contribution < -0.4 is 10.6 Å². The third kappa shape index (κ3) is 6.30. The van der Waals surface area contributed by atoms with Gasteiger partial charge in [0.25, 0.3) is 0 Å². The standard InChI is InChI=1S/C31H48P2/c1-21-15-22(2)18-26(17-21)32(27-19-23(3)16-24(4)20-27)25(5)28-13-12-14-29(28)33(30(6,7)8)31(9,10)11/h15-20,25,28-29H,12-14H2,1-11H3/t25-,28?,29?/m1/s1. The molecule has 33 heavy (non-hydrogen) atoms. The minimum Gasteiger partial charge on any atom is -0.0921 e. The molecule has 0 saturated heterocycles. The number of hydrogen-bond acceptors (Lipinski definition) is 0. The zero-order chi connectivity index (χ0) is 24.7. The summed E-state index contributed by atoms with van der Waals surface area (Å²) in [5, 5.41) is 3.95. The van der Waals surface area contributed by atoms with Gasteiger partial charge in [-0.3, -0.25) is 0 Å². The van der Waals surface area contributed by atoms with E-state index in [0.29, 0.717) is 16.0 Å². The third-order valence-corrected chi connectivity index (χ3v) is 14.3. The average molecular weight is 483 g/mol. The molecule has 182 valence electrons. The molecule has 2 unspecified atom stereocenters. The third-order valence-electron chi connectivity index (χ3n) is 7.30. The molecule has 2 aromatic carbocycles. The van der Waals surface area contributed by atoms with E-state index in [-0.39, 0.29) is 7.92 Å². The zero-order valence-electron chi connectivity index (χ0n) is 23.2. The molecule has 2 aromatic rings. The van der Waals surface area contributed by atoms with Gasteiger partial charge in [0.1, 0.15) is 0 Å². The predicted octanol–water partition coefficient (Wildman–Crippen LogP) is 8.99. The molecule has 0 aromatic heterocycles. The SMILES string of the molecule is Cc1cc(C)cc(P(c2cc(C)cc(C)c2)[C@H](C)C2CCCC2P(C(C)(C)C)C(C)(C)C)c1. The summed E-state index contributed by atoms with van der Waals surface area (Å²) >= 11 is 0. The van der Waals surface area contributed by atoms with Crippen molar-refractivity contribution in [2.75, 3.05) is 0 Å². The van der Waals surface area contributed by atoms with E-state index in [0.717, 1.165) is 11.6 Å². The monoisotopic (exact) mass is 482 g/mol. The summed E-state index contributed by atoms with van der Waals surface area (Å²) in [6.45, 7) is 26.8. The van der Waals surface area contributed by atoms with Crippen LogP contribution in [0.2, 0.25) is 0 Å². The van der Waals surface area contributed by atoms with Crippen LogP contribution in [0, 0.1) is 33.6 Å². The maximum Gasteiger partial charge on any atom is -0.0123 e. The molecule has 3 rings (SSSR count). The molecule has 0 radical (unpaired) electrons. The highest BCUT2D eigenvalue weighted by molar-refractivity contribution is 7.73. The molecule has 1 fully saturated rings. The van der Waals surface area contributed by atoms with Crippen LogP contribution in [0.5, 0.6) is 0 Å². The topological polar surface area (TPSA) is 0 Å². The van der Waals surface area contributed by atoms with Gasteiger partial charge in [0.2, 0.25) is 0 Å². The number of benzene rings is 2. The summed E-state index contributed by atoms with van der Waals surface area (Å²) in [5.41, 5.74) is 7.20. The van der Waals surface area contributed by atoms with E-state index in [1.54, 1.807) is 10.6 Å². The smallest absolute Gasteiger partial charge is 0.0123 e. The van der Waals surface area contributed by atoms with Gasteiger partial charge < -0.3 is 0 Å². The lowest BCUT2D eigenvalue weighted by Gasteiger charge is -2.49. The molecule has 0 spiro atoms. The van der Waals surface area contributed by atoms with Gasteiger partial charge in [-0.25, -0.2) is 0 Å². The van der Waals surface area contributed by atoms with Crippen LogP contribution in [0.1, 0.15) is 90.0 Å². The predicted molar refractivity (Wildman–Crippen MR) is 155 cm³/mol. The van der Waals surface area contributed by atoms with Gasteiger partial charge in [-0.2, -0.15) is 0 Å². The maximum absolute atomic E-state index is 2.61. The molecule has 2 heteroatoms. The van der Waals surface area contributed by atoms with Crippen LogP contribution in [0.3, 0.4) is 0 Å². The fourth-order valence-corrected chi connectivity index (χ4v) is 15.6. The summed E-state index contributed by atoms with van der Waals surface area (Å²) in [6.07, 6.45) is 4.25. The van der Waals surface area contributed by atoms with Crippen molar-refractivity contribution in [3.8, 4) is 0 Å². The molecule has 0 aliphatic heterocycles. The maximum atomic E-state index is 2.61. The fourth-order valence-electron chi connectivity index (χ4n) is 6.84. The van der Waals surface area contributed by atoms with E-state index >= 15 is 0 Å². The van der Waals surface area contributed by atoms with Crippen LogP contribution in [0.25, 0.3) is 0 Å². The van der Waals surface area contributed by atoms with Gasteiger partial charge in [0.15, 0.2) is 0 Å². The first-order valence-corrected chi connectivity index (χ1v) is 15.8. The second kappa shape index (κ2) is 10.1. The number of aryl methyl sites for hydroxylation is 4. The fraction of sp³-hybridized carbons (Fsp3) is 0.613. The summed E-state index contributed by atoms with van der Waals surface area (Å²) in [7, 11) is -0.493. The quantitative estimate of drug-likeness (QED) is 0.373. The summed E-state index contributed by atoms with van der Waals surface area (Å²) in [4.78, 5) is 0. The second-order valence-corrected chi connectivity index (χ2v) is 19.4. The van der Waals surface area contributed by atoms with Crippen molar-refractivity contribution in [3.05, 3.63) is 58.7 Å². The molecular weight excluding hydrogens is 434 g/mol. The molecule has 0 heterocycles. The van der Waals surface area contributed by atoms with Crippen LogP contribution in [0.15, 0.2) is 36.4 Å². The largest absolute Gasteiger partial charge is 0.0921 e. The molecule has 0 N–H and O–H groups in total. The van der Waals surface area contributed by atoms with Gasteiger partial charge in [0, 0.05) is 0 Å². The highest BCUT2D eigenvalue weighted by Crippen LogP contribution is 2.68. The lowest BCUT2D eigenvalue weighted by Crippen LogP contribution is -2.37. The normalized spacial score (nSPS) is 20.6. The Bertz CT molecular complexity index is 854. The Morgan fingerprint density at radius 1 is 0.667 bits per heavy atom.